The van der Waals surface area contributed by atoms with Gasteiger partial charge in [-0.2, -0.15) is 0 Å². The van der Waals surface area contributed by atoms with Crippen LogP contribution in [0.3, 0.4) is 0 Å². The third-order valence-corrected chi connectivity index (χ3v) is 3.41. The van der Waals surface area contributed by atoms with E-state index >= 15 is 0 Å². The van der Waals surface area contributed by atoms with Crippen LogP contribution in [-0.4, -0.2) is 25.2 Å². The van der Waals surface area contributed by atoms with Crippen LogP contribution in [0, 0.1) is 0 Å². The molecule has 0 radical (unpaired) electrons. The van der Waals surface area contributed by atoms with Gasteiger partial charge in [-0.15, -0.1) is 12.4 Å². The van der Waals surface area contributed by atoms with E-state index in [9.17, 15) is 4.79 Å². The summed E-state index contributed by atoms with van der Waals surface area (Å²) in [6, 6.07) is 7.41. The Balaban J connectivity index is 0.00000200. The topological polar surface area (TPSA) is 64.4 Å². The van der Waals surface area contributed by atoms with E-state index in [0.29, 0.717) is 19.1 Å². The van der Waals surface area contributed by atoms with Gasteiger partial charge < -0.3 is 15.8 Å². The standard InChI is InChI=1S/C15H22N2O2.ClH/c16-13-6-4-12(5-7-13)11-15(18)17-9-8-14-3-1-2-10-19-14;/h4-7,14H,1-3,8-11,16H2,(H,17,18);1H. The maximum atomic E-state index is 11.8. The van der Waals surface area contributed by atoms with Gasteiger partial charge in [-0.1, -0.05) is 12.1 Å². The van der Waals surface area contributed by atoms with Crippen LogP contribution in [0.5, 0.6) is 0 Å². The number of nitrogens with one attached hydrogen (secondary N) is 1. The van der Waals surface area contributed by atoms with Gasteiger partial charge in [0, 0.05) is 18.8 Å². The molecule has 2 rings (SSSR count). The maximum Gasteiger partial charge on any atom is 0.224 e. The molecule has 20 heavy (non-hydrogen) atoms. The van der Waals surface area contributed by atoms with Crippen molar-refractivity contribution in [2.24, 2.45) is 0 Å². The number of ether oxygens (including phenoxy) is 1. The van der Waals surface area contributed by atoms with E-state index in [1.807, 2.05) is 24.3 Å². The fourth-order valence-corrected chi connectivity index (χ4v) is 2.29. The highest BCUT2D eigenvalue weighted by atomic mass is 35.5. The number of anilines is 1. The molecule has 4 nitrogen and oxygen atoms in total. The average molecular weight is 299 g/mol. The van der Waals surface area contributed by atoms with Gasteiger partial charge in [0.05, 0.1) is 12.5 Å². The van der Waals surface area contributed by atoms with E-state index < -0.39 is 0 Å². The highest BCUT2D eigenvalue weighted by Gasteiger charge is 2.13. The Morgan fingerprint density at radius 3 is 2.70 bits per heavy atom. The van der Waals surface area contributed by atoms with Crippen molar-refractivity contribution in [3.63, 3.8) is 0 Å². The largest absolute Gasteiger partial charge is 0.399 e. The summed E-state index contributed by atoms with van der Waals surface area (Å²) in [7, 11) is 0. The molecule has 1 aromatic carbocycles. The lowest BCUT2D eigenvalue weighted by Gasteiger charge is -2.22. The van der Waals surface area contributed by atoms with Crippen molar-refractivity contribution >= 4 is 24.0 Å². The zero-order valence-corrected chi connectivity index (χ0v) is 12.5. The summed E-state index contributed by atoms with van der Waals surface area (Å²) in [4.78, 5) is 11.8. The van der Waals surface area contributed by atoms with Gasteiger partial charge in [0.2, 0.25) is 5.91 Å². The molecule has 0 bridgehead atoms. The number of nitrogens with two attached hydrogens (primary N) is 1. The van der Waals surface area contributed by atoms with Crippen molar-refractivity contribution in [1.82, 2.24) is 5.32 Å². The first-order valence-electron chi connectivity index (χ1n) is 6.97. The van der Waals surface area contributed by atoms with Crippen LogP contribution in [0.4, 0.5) is 5.69 Å². The number of amides is 1. The summed E-state index contributed by atoms with van der Waals surface area (Å²) in [5.41, 5.74) is 7.31. The third-order valence-electron chi connectivity index (χ3n) is 3.41. The van der Waals surface area contributed by atoms with Crippen molar-refractivity contribution in [1.29, 1.82) is 0 Å². The van der Waals surface area contributed by atoms with E-state index in [0.717, 1.165) is 30.7 Å². The minimum atomic E-state index is 0. The summed E-state index contributed by atoms with van der Waals surface area (Å²) < 4.78 is 5.63. The Morgan fingerprint density at radius 2 is 2.05 bits per heavy atom. The van der Waals surface area contributed by atoms with Gasteiger partial charge in [0.1, 0.15) is 0 Å². The van der Waals surface area contributed by atoms with Crippen molar-refractivity contribution < 1.29 is 9.53 Å². The third kappa shape index (κ3) is 5.80. The monoisotopic (exact) mass is 298 g/mol. The Hall–Kier alpha value is -1.26. The molecule has 0 spiro atoms. The van der Waals surface area contributed by atoms with E-state index in [1.165, 1.54) is 12.8 Å². The van der Waals surface area contributed by atoms with Gasteiger partial charge in [-0.05, 0) is 43.4 Å². The molecular weight excluding hydrogens is 276 g/mol. The van der Waals surface area contributed by atoms with Crippen LogP contribution in [0.1, 0.15) is 31.2 Å². The molecule has 112 valence electrons. The second-order valence-electron chi connectivity index (χ2n) is 5.05. The molecule has 0 aliphatic carbocycles. The Labute approximate surface area is 126 Å². The molecule has 5 heteroatoms. The molecule has 1 saturated heterocycles. The zero-order chi connectivity index (χ0) is 13.5. The summed E-state index contributed by atoms with van der Waals surface area (Å²) >= 11 is 0. The second-order valence-corrected chi connectivity index (χ2v) is 5.05. The van der Waals surface area contributed by atoms with Gasteiger partial charge in [0.25, 0.3) is 0 Å². The van der Waals surface area contributed by atoms with Crippen molar-refractivity contribution in [3.8, 4) is 0 Å². The molecular formula is C15H23ClN2O2. The molecule has 1 fully saturated rings. The van der Waals surface area contributed by atoms with Crippen molar-refractivity contribution in [3.05, 3.63) is 29.8 Å². The number of hydrogen-bond donors (Lipinski definition) is 2. The van der Waals surface area contributed by atoms with Crippen LogP contribution in [-0.2, 0) is 16.0 Å². The van der Waals surface area contributed by atoms with E-state index in [-0.39, 0.29) is 18.3 Å². The predicted octanol–water partition coefficient (Wildman–Crippen LogP) is 2.31. The second kappa shape index (κ2) is 8.82. The molecule has 0 aromatic heterocycles. The quantitative estimate of drug-likeness (QED) is 0.820. The fraction of sp³-hybridized carbons (Fsp3) is 0.533. The molecule has 1 unspecified atom stereocenters. The molecule has 1 aromatic rings. The smallest absolute Gasteiger partial charge is 0.224 e. The fourth-order valence-electron chi connectivity index (χ4n) is 2.29. The summed E-state index contributed by atoms with van der Waals surface area (Å²) in [5, 5.41) is 2.94. The van der Waals surface area contributed by atoms with Gasteiger partial charge in [0.15, 0.2) is 0 Å². The molecule has 1 aliphatic heterocycles. The Morgan fingerprint density at radius 1 is 1.30 bits per heavy atom. The summed E-state index contributed by atoms with van der Waals surface area (Å²) in [6.07, 6.45) is 5.17. The molecule has 1 atom stereocenters. The van der Waals surface area contributed by atoms with Crippen LogP contribution in [0.15, 0.2) is 24.3 Å². The van der Waals surface area contributed by atoms with Gasteiger partial charge in [-0.3, -0.25) is 4.79 Å². The highest BCUT2D eigenvalue weighted by molar-refractivity contribution is 5.85. The van der Waals surface area contributed by atoms with E-state index in [2.05, 4.69) is 5.32 Å². The number of carbonyl (C=O) groups is 1. The van der Waals surface area contributed by atoms with Crippen LogP contribution in [0.25, 0.3) is 0 Å². The number of halogens is 1. The number of carbonyl (C=O) groups excluding carboxylic acids is 1. The Bertz CT molecular complexity index is 403. The minimum Gasteiger partial charge on any atom is -0.399 e. The number of benzene rings is 1. The lowest BCUT2D eigenvalue weighted by molar-refractivity contribution is -0.120. The van der Waals surface area contributed by atoms with E-state index in [1.54, 1.807) is 0 Å². The molecule has 1 heterocycles. The van der Waals surface area contributed by atoms with Crippen molar-refractivity contribution in [2.75, 3.05) is 18.9 Å². The Kier molecular flexibility index (Phi) is 7.41. The van der Waals surface area contributed by atoms with Crippen molar-refractivity contribution in [2.45, 2.75) is 38.2 Å². The molecule has 1 aliphatic rings. The average Bonchev–Trinajstić information content (AvgIpc) is 2.43. The first kappa shape index (κ1) is 16.8. The molecule has 0 saturated carbocycles. The SMILES string of the molecule is Cl.Nc1ccc(CC(=O)NCCC2CCCCO2)cc1. The molecule has 1 amide bonds. The summed E-state index contributed by atoms with van der Waals surface area (Å²) in [5.74, 6) is 0.0561. The van der Waals surface area contributed by atoms with Gasteiger partial charge in [-0.25, -0.2) is 0 Å². The number of rotatable bonds is 5. The first-order chi connectivity index (χ1) is 9.24. The van der Waals surface area contributed by atoms with Crippen LogP contribution < -0.4 is 11.1 Å². The normalized spacial score (nSPS) is 18.1. The van der Waals surface area contributed by atoms with E-state index in [4.69, 9.17) is 10.5 Å². The molecule has 3 N–H and O–H groups in total. The lowest BCUT2D eigenvalue weighted by atomic mass is 10.1. The predicted molar refractivity (Wildman–Crippen MR) is 83.0 cm³/mol. The first-order valence-corrected chi connectivity index (χ1v) is 6.97. The number of hydrogen-bond acceptors (Lipinski definition) is 3. The lowest BCUT2D eigenvalue weighted by Crippen LogP contribution is -2.30. The van der Waals surface area contributed by atoms with Gasteiger partial charge >= 0.3 is 0 Å². The highest BCUT2D eigenvalue weighted by Crippen LogP contribution is 2.14. The maximum absolute atomic E-state index is 11.8. The minimum absolute atomic E-state index is 0. The summed E-state index contributed by atoms with van der Waals surface area (Å²) in [6.45, 7) is 1.56. The zero-order valence-electron chi connectivity index (χ0n) is 11.6. The number of nitrogen functional groups attached to an aromatic ring is 1. The van der Waals surface area contributed by atoms with Crippen LogP contribution in [0.2, 0.25) is 0 Å². The van der Waals surface area contributed by atoms with Crippen LogP contribution >= 0.6 is 12.4 Å².